The molecule has 1 aliphatic carbocycles. The number of aliphatic hydroxyl groups is 1. The smallest absolute Gasteiger partial charge is 0.0569 e. The molecule has 0 radical (unpaired) electrons. The van der Waals surface area contributed by atoms with Gasteiger partial charge in [0.05, 0.1) is 6.10 Å². The Labute approximate surface area is 65.9 Å². The molecule has 0 saturated heterocycles. The first-order valence-electron chi connectivity index (χ1n) is 3.98. The number of aliphatic hydroxyl groups excluding tert-OH is 1. The van der Waals surface area contributed by atoms with E-state index in [1.807, 2.05) is 6.92 Å². The molecule has 11 heavy (non-hydrogen) atoms. The predicted molar refractivity (Wildman–Crippen MR) is 42.0 cm³/mol. The summed E-state index contributed by atoms with van der Waals surface area (Å²) in [6.45, 7) is 1.93. The van der Waals surface area contributed by atoms with Gasteiger partial charge in [0.15, 0.2) is 0 Å². The summed E-state index contributed by atoms with van der Waals surface area (Å²) < 4.78 is 0. The van der Waals surface area contributed by atoms with Crippen LogP contribution >= 0.6 is 0 Å². The first-order chi connectivity index (χ1) is 5.25. The van der Waals surface area contributed by atoms with Gasteiger partial charge in [0.2, 0.25) is 0 Å². The minimum absolute atomic E-state index is 0.00347. The molecule has 3 atom stereocenters. The third kappa shape index (κ3) is 1.85. The van der Waals surface area contributed by atoms with Gasteiger partial charge in [-0.05, 0) is 24.3 Å². The Hall–Kier alpha value is -0.730. The summed E-state index contributed by atoms with van der Waals surface area (Å²) in [5, 5.41) is 13.0. The topological polar surface area (TPSA) is 69.0 Å². The highest BCUT2D eigenvalue weighted by Crippen LogP contribution is 2.26. The highest BCUT2D eigenvalue weighted by Gasteiger charge is 2.27. The number of rotatable bonds is 1. The molecule has 1 saturated carbocycles. The second-order valence-electron chi connectivity index (χ2n) is 3.13. The van der Waals surface area contributed by atoms with E-state index in [0.717, 1.165) is 19.3 Å². The van der Waals surface area contributed by atoms with E-state index in [0.29, 0.717) is 0 Å². The summed E-state index contributed by atoms with van der Waals surface area (Å²) in [4.78, 5) is 2.76. The summed E-state index contributed by atoms with van der Waals surface area (Å²) in [5.74, 6) is 0.125. The minimum Gasteiger partial charge on any atom is -0.393 e. The Morgan fingerprint density at radius 1 is 1.55 bits per heavy atom. The van der Waals surface area contributed by atoms with Gasteiger partial charge in [-0.1, -0.05) is 18.5 Å². The van der Waals surface area contributed by atoms with E-state index in [-0.39, 0.29) is 18.1 Å². The van der Waals surface area contributed by atoms with E-state index in [1.54, 1.807) is 0 Å². The molecule has 4 nitrogen and oxygen atoms in total. The second kappa shape index (κ2) is 3.60. The fraction of sp³-hybridized carbons (Fsp3) is 1.00. The van der Waals surface area contributed by atoms with Crippen molar-refractivity contribution in [1.82, 2.24) is 0 Å². The largest absolute Gasteiger partial charge is 0.393 e. The third-order valence-corrected chi connectivity index (χ3v) is 2.41. The van der Waals surface area contributed by atoms with Crippen LogP contribution in [0.25, 0.3) is 10.4 Å². The normalized spacial score (nSPS) is 37.8. The van der Waals surface area contributed by atoms with Crippen molar-refractivity contribution in [2.45, 2.75) is 38.3 Å². The van der Waals surface area contributed by atoms with Gasteiger partial charge in [0.1, 0.15) is 0 Å². The molecular weight excluding hydrogens is 142 g/mol. The van der Waals surface area contributed by atoms with Crippen molar-refractivity contribution in [3.8, 4) is 0 Å². The summed E-state index contributed by atoms with van der Waals surface area (Å²) in [6.07, 6.45) is 2.45. The fourth-order valence-corrected chi connectivity index (χ4v) is 1.55. The molecule has 62 valence electrons. The minimum atomic E-state index is -0.278. The quantitative estimate of drug-likeness (QED) is 0.350. The highest BCUT2D eigenvalue weighted by atomic mass is 16.3. The molecule has 0 bridgehead atoms. The molecule has 0 aliphatic heterocycles. The highest BCUT2D eigenvalue weighted by molar-refractivity contribution is 4.83. The molecule has 1 rings (SSSR count). The van der Waals surface area contributed by atoms with Crippen molar-refractivity contribution in [1.29, 1.82) is 0 Å². The second-order valence-corrected chi connectivity index (χ2v) is 3.13. The number of hydrogen-bond donors (Lipinski definition) is 1. The van der Waals surface area contributed by atoms with Crippen LogP contribution in [0.1, 0.15) is 26.2 Å². The van der Waals surface area contributed by atoms with E-state index in [9.17, 15) is 5.11 Å². The van der Waals surface area contributed by atoms with Gasteiger partial charge >= 0.3 is 0 Å². The zero-order valence-corrected chi connectivity index (χ0v) is 6.64. The Morgan fingerprint density at radius 2 is 2.27 bits per heavy atom. The SMILES string of the molecule is C[C@@H]1[C@@H](N=[N+]=[N-])CCC[C@@H]1O. The van der Waals surface area contributed by atoms with E-state index in [2.05, 4.69) is 10.0 Å². The van der Waals surface area contributed by atoms with Gasteiger partial charge in [-0.2, -0.15) is 0 Å². The van der Waals surface area contributed by atoms with Crippen LogP contribution in [0.5, 0.6) is 0 Å². The van der Waals surface area contributed by atoms with Crippen molar-refractivity contribution in [2.75, 3.05) is 0 Å². The molecular formula is C7H13N3O. The molecule has 0 spiro atoms. The summed E-state index contributed by atoms with van der Waals surface area (Å²) in [5.41, 5.74) is 8.20. The maximum Gasteiger partial charge on any atom is 0.0569 e. The standard InChI is InChI=1S/C7H13N3O/c1-5-6(9-10-8)3-2-4-7(5)11/h5-7,11H,2-4H2,1H3/t5-,6+,7+/m1/s1. The van der Waals surface area contributed by atoms with E-state index in [1.165, 1.54) is 0 Å². The van der Waals surface area contributed by atoms with Crippen LogP contribution in [0.2, 0.25) is 0 Å². The van der Waals surface area contributed by atoms with Crippen LogP contribution < -0.4 is 0 Å². The Bertz CT molecular complexity index is 177. The molecule has 0 aromatic rings. The van der Waals surface area contributed by atoms with Gasteiger partial charge in [0, 0.05) is 11.0 Å². The van der Waals surface area contributed by atoms with Crippen LogP contribution in [-0.4, -0.2) is 17.3 Å². The zero-order valence-electron chi connectivity index (χ0n) is 6.64. The first-order valence-corrected chi connectivity index (χ1v) is 3.98. The Balaban J connectivity index is 2.57. The van der Waals surface area contributed by atoms with Gasteiger partial charge in [0.25, 0.3) is 0 Å². The molecule has 1 N–H and O–H groups in total. The van der Waals surface area contributed by atoms with Gasteiger partial charge < -0.3 is 5.11 Å². The predicted octanol–water partition coefficient (Wildman–Crippen LogP) is 1.85. The molecule has 0 unspecified atom stereocenters. The maximum absolute atomic E-state index is 9.39. The fourth-order valence-electron chi connectivity index (χ4n) is 1.55. The maximum atomic E-state index is 9.39. The lowest BCUT2D eigenvalue weighted by Gasteiger charge is -2.29. The zero-order chi connectivity index (χ0) is 8.27. The molecule has 1 aliphatic rings. The number of azide groups is 1. The molecule has 4 heteroatoms. The molecule has 1 fully saturated rings. The average Bonchev–Trinajstić information content (AvgIpc) is 1.99. The third-order valence-electron chi connectivity index (χ3n) is 2.41. The average molecular weight is 155 g/mol. The summed E-state index contributed by atoms with van der Waals surface area (Å²) in [7, 11) is 0. The van der Waals surface area contributed by atoms with Crippen LogP contribution in [0.4, 0.5) is 0 Å². The van der Waals surface area contributed by atoms with Crippen molar-refractivity contribution in [3.63, 3.8) is 0 Å². The van der Waals surface area contributed by atoms with E-state index >= 15 is 0 Å². The Kier molecular flexibility index (Phi) is 2.74. The molecule has 0 heterocycles. The summed E-state index contributed by atoms with van der Waals surface area (Å²) in [6, 6.07) is 0.00347. The summed E-state index contributed by atoms with van der Waals surface area (Å²) >= 11 is 0. The lowest BCUT2D eigenvalue weighted by molar-refractivity contribution is 0.0672. The first kappa shape index (κ1) is 8.37. The van der Waals surface area contributed by atoms with Crippen molar-refractivity contribution in [3.05, 3.63) is 10.4 Å². The van der Waals surface area contributed by atoms with Gasteiger partial charge in [-0.3, -0.25) is 0 Å². The lowest BCUT2D eigenvalue weighted by atomic mass is 9.84. The van der Waals surface area contributed by atoms with Crippen LogP contribution in [0, 0.1) is 5.92 Å². The van der Waals surface area contributed by atoms with Crippen LogP contribution in [-0.2, 0) is 0 Å². The Morgan fingerprint density at radius 3 is 2.91 bits per heavy atom. The van der Waals surface area contributed by atoms with Crippen LogP contribution in [0.15, 0.2) is 5.11 Å². The van der Waals surface area contributed by atoms with E-state index < -0.39 is 0 Å². The number of hydrogen-bond acceptors (Lipinski definition) is 2. The van der Waals surface area contributed by atoms with Gasteiger partial charge in [-0.15, -0.1) is 0 Å². The molecule has 0 amide bonds. The van der Waals surface area contributed by atoms with Gasteiger partial charge in [-0.25, -0.2) is 0 Å². The van der Waals surface area contributed by atoms with Crippen molar-refractivity contribution in [2.24, 2.45) is 11.0 Å². The monoisotopic (exact) mass is 155 g/mol. The molecule has 0 aromatic carbocycles. The molecule has 0 aromatic heterocycles. The van der Waals surface area contributed by atoms with E-state index in [4.69, 9.17) is 5.53 Å². The lowest BCUT2D eigenvalue weighted by Crippen LogP contribution is -2.32. The van der Waals surface area contributed by atoms with Crippen LogP contribution in [0.3, 0.4) is 0 Å². The van der Waals surface area contributed by atoms with Crippen molar-refractivity contribution < 1.29 is 5.11 Å². The van der Waals surface area contributed by atoms with Crippen molar-refractivity contribution >= 4 is 0 Å². The number of nitrogens with zero attached hydrogens (tertiary/aromatic N) is 3.